The highest BCUT2D eigenvalue weighted by atomic mass is 16.7. The molecule has 0 saturated carbocycles. The second-order valence-electron chi connectivity index (χ2n) is 6.11. The lowest BCUT2D eigenvalue weighted by Gasteiger charge is -2.38. The summed E-state index contributed by atoms with van der Waals surface area (Å²) in [5, 5.41) is 9.06. The highest BCUT2D eigenvalue weighted by Gasteiger charge is 2.44. The van der Waals surface area contributed by atoms with Gasteiger partial charge in [0.25, 0.3) is 0 Å². The van der Waals surface area contributed by atoms with E-state index in [2.05, 4.69) is 0 Å². The number of aliphatic hydroxyl groups excluding tert-OH is 1. The lowest BCUT2D eigenvalue weighted by molar-refractivity contribution is -0.195. The quantitative estimate of drug-likeness (QED) is 0.775. The molecule has 0 aromatic heterocycles. The molecule has 2 aliphatic rings. The first-order valence-electron chi connectivity index (χ1n) is 6.74. The predicted octanol–water partition coefficient (Wildman–Crippen LogP) is 1.12. The Morgan fingerprint density at radius 3 is 2.53 bits per heavy atom. The zero-order chi connectivity index (χ0) is 14.1. The Kier molecular flexibility index (Phi) is 4.03. The number of hydrogen-bond donors (Lipinski definition) is 1. The van der Waals surface area contributed by atoms with Crippen molar-refractivity contribution < 1.29 is 24.1 Å². The third-order valence-corrected chi connectivity index (χ3v) is 3.29. The maximum atomic E-state index is 11.9. The molecule has 1 spiro atoms. The van der Waals surface area contributed by atoms with Gasteiger partial charge in [-0.3, -0.25) is 0 Å². The van der Waals surface area contributed by atoms with Crippen LogP contribution in [0.2, 0.25) is 0 Å². The number of rotatable bonds is 1. The number of nitrogens with zero attached hydrogens (tertiary/aromatic N) is 1. The van der Waals surface area contributed by atoms with Crippen molar-refractivity contribution in [2.75, 3.05) is 26.3 Å². The molecule has 1 unspecified atom stereocenters. The minimum absolute atomic E-state index is 0.0302. The maximum Gasteiger partial charge on any atom is 0.410 e. The predicted molar refractivity (Wildman–Crippen MR) is 67.7 cm³/mol. The summed E-state index contributed by atoms with van der Waals surface area (Å²) in [5.41, 5.74) is -0.478. The SMILES string of the molecule is CC(C)(C)OC(=O)N1CCC2(CC1)OCC(CO)O2. The zero-order valence-electron chi connectivity index (χ0n) is 11.8. The standard InChI is InChI=1S/C13H23NO5/c1-12(2,3)19-11(16)14-6-4-13(5-7-14)17-9-10(8-15)18-13/h10,15H,4-9H2,1-3H3. The third kappa shape index (κ3) is 3.58. The Morgan fingerprint density at radius 2 is 2.05 bits per heavy atom. The molecule has 1 amide bonds. The van der Waals surface area contributed by atoms with Crippen LogP contribution in [-0.2, 0) is 14.2 Å². The first-order valence-corrected chi connectivity index (χ1v) is 6.74. The number of aliphatic hydroxyl groups is 1. The number of carbonyl (C=O) groups is 1. The van der Waals surface area contributed by atoms with E-state index < -0.39 is 11.4 Å². The minimum Gasteiger partial charge on any atom is -0.444 e. The molecule has 2 rings (SSSR count). The molecule has 2 heterocycles. The molecule has 110 valence electrons. The molecular formula is C13H23NO5. The first-order chi connectivity index (χ1) is 8.84. The van der Waals surface area contributed by atoms with Crippen LogP contribution in [0.1, 0.15) is 33.6 Å². The van der Waals surface area contributed by atoms with Crippen molar-refractivity contribution in [2.45, 2.75) is 51.1 Å². The average molecular weight is 273 g/mol. The van der Waals surface area contributed by atoms with Gasteiger partial charge in [0, 0.05) is 25.9 Å². The van der Waals surface area contributed by atoms with E-state index in [0.29, 0.717) is 32.5 Å². The van der Waals surface area contributed by atoms with Crippen molar-refractivity contribution in [2.24, 2.45) is 0 Å². The Morgan fingerprint density at radius 1 is 1.42 bits per heavy atom. The van der Waals surface area contributed by atoms with Crippen LogP contribution in [0.5, 0.6) is 0 Å². The molecule has 6 heteroatoms. The van der Waals surface area contributed by atoms with Crippen LogP contribution in [0.15, 0.2) is 0 Å². The van der Waals surface area contributed by atoms with Gasteiger partial charge in [0.05, 0.1) is 13.2 Å². The van der Waals surface area contributed by atoms with Crippen molar-refractivity contribution in [3.05, 3.63) is 0 Å². The fourth-order valence-electron chi connectivity index (χ4n) is 2.33. The molecule has 6 nitrogen and oxygen atoms in total. The van der Waals surface area contributed by atoms with E-state index in [-0.39, 0.29) is 18.8 Å². The Bertz CT molecular complexity index is 330. The summed E-state index contributed by atoms with van der Waals surface area (Å²) in [5.74, 6) is -0.619. The van der Waals surface area contributed by atoms with Crippen molar-refractivity contribution in [3.63, 3.8) is 0 Å². The summed E-state index contributed by atoms with van der Waals surface area (Å²) < 4.78 is 16.7. The van der Waals surface area contributed by atoms with Crippen LogP contribution in [0.25, 0.3) is 0 Å². The Balaban J connectivity index is 1.84. The van der Waals surface area contributed by atoms with E-state index in [1.54, 1.807) is 4.90 Å². The largest absolute Gasteiger partial charge is 0.444 e. The van der Waals surface area contributed by atoms with E-state index >= 15 is 0 Å². The Hall–Kier alpha value is -0.850. The highest BCUT2D eigenvalue weighted by Crippen LogP contribution is 2.34. The zero-order valence-corrected chi connectivity index (χ0v) is 11.8. The molecule has 0 bridgehead atoms. The number of piperidine rings is 1. The molecule has 0 radical (unpaired) electrons. The second-order valence-corrected chi connectivity index (χ2v) is 6.11. The van der Waals surface area contributed by atoms with Gasteiger partial charge in [-0.15, -0.1) is 0 Å². The summed E-state index contributed by atoms with van der Waals surface area (Å²) in [6, 6.07) is 0. The topological polar surface area (TPSA) is 68.2 Å². The van der Waals surface area contributed by atoms with Crippen molar-refractivity contribution in [1.29, 1.82) is 0 Å². The molecule has 1 atom stereocenters. The summed E-state index contributed by atoms with van der Waals surface area (Å²) in [6.07, 6.45) is 0.693. The van der Waals surface area contributed by atoms with Crippen LogP contribution >= 0.6 is 0 Å². The van der Waals surface area contributed by atoms with E-state index in [4.69, 9.17) is 19.3 Å². The van der Waals surface area contributed by atoms with Crippen molar-refractivity contribution >= 4 is 6.09 Å². The van der Waals surface area contributed by atoms with E-state index in [9.17, 15) is 4.79 Å². The van der Waals surface area contributed by atoms with Crippen LogP contribution in [-0.4, -0.2) is 59.9 Å². The average Bonchev–Trinajstić information content (AvgIpc) is 2.71. The molecule has 0 aromatic rings. The van der Waals surface area contributed by atoms with Gasteiger partial charge in [0.2, 0.25) is 0 Å². The number of likely N-dealkylation sites (tertiary alicyclic amines) is 1. The first kappa shape index (κ1) is 14.6. The summed E-state index contributed by atoms with van der Waals surface area (Å²) >= 11 is 0. The number of hydrogen-bond acceptors (Lipinski definition) is 5. The third-order valence-electron chi connectivity index (χ3n) is 3.29. The monoisotopic (exact) mass is 273 g/mol. The maximum absolute atomic E-state index is 11.9. The van der Waals surface area contributed by atoms with Gasteiger partial charge in [0.1, 0.15) is 11.7 Å². The van der Waals surface area contributed by atoms with Crippen molar-refractivity contribution in [1.82, 2.24) is 4.90 Å². The molecule has 0 aliphatic carbocycles. The van der Waals surface area contributed by atoms with Gasteiger partial charge >= 0.3 is 6.09 Å². The summed E-state index contributed by atoms with van der Waals surface area (Å²) in [6.45, 7) is 7.04. The van der Waals surface area contributed by atoms with E-state index in [0.717, 1.165) is 0 Å². The highest BCUT2D eigenvalue weighted by molar-refractivity contribution is 5.68. The van der Waals surface area contributed by atoms with Gasteiger partial charge in [-0.25, -0.2) is 4.79 Å². The van der Waals surface area contributed by atoms with Gasteiger partial charge in [-0.2, -0.15) is 0 Å². The number of ether oxygens (including phenoxy) is 3. The smallest absolute Gasteiger partial charge is 0.410 e. The van der Waals surface area contributed by atoms with Crippen LogP contribution in [0.4, 0.5) is 4.79 Å². The fraction of sp³-hybridized carbons (Fsp3) is 0.923. The lowest BCUT2D eigenvalue weighted by atomic mass is 10.0. The molecule has 2 saturated heterocycles. The van der Waals surface area contributed by atoms with Gasteiger partial charge in [-0.05, 0) is 20.8 Å². The van der Waals surface area contributed by atoms with Crippen molar-refractivity contribution in [3.8, 4) is 0 Å². The fourth-order valence-corrected chi connectivity index (χ4v) is 2.33. The molecular weight excluding hydrogens is 250 g/mol. The minimum atomic E-state index is -0.619. The molecule has 19 heavy (non-hydrogen) atoms. The summed E-state index contributed by atoms with van der Waals surface area (Å²) in [7, 11) is 0. The molecule has 2 fully saturated rings. The van der Waals surface area contributed by atoms with Crippen LogP contribution in [0, 0.1) is 0 Å². The molecule has 1 N–H and O–H groups in total. The molecule has 2 aliphatic heterocycles. The number of carbonyl (C=O) groups excluding carboxylic acids is 1. The van der Waals surface area contributed by atoms with Gasteiger partial charge in [0.15, 0.2) is 5.79 Å². The number of amides is 1. The Labute approximate surface area is 113 Å². The molecule has 0 aromatic carbocycles. The van der Waals surface area contributed by atoms with Gasteiger partial charge < -0.3 is 24.2 Å². The second kappa shape index (κ2) is 5.26. The van der Waals surface area contributed by atoms with Crippen LogP contribution < -0.4 is 0 Å². The van der Waals surface area contributed by atoms with E-state index in [1.165, 1.54) is 0 Å². The summed E-state index contributed by atoms with van der Waals surface area (Å²) in [4.78, 5) is 13.6. The lowest BCUT2D eigenvalue weighted by Crippen LogP contribution is -2.48. The van der Waals surface area contributed by atoms with Crippen LogP contribution in [0.3, 0.4) is 0 Å². The van der Waals surface area contributed by atoms with Gasteiger partial charge in [-0.1, -0.05) is 0 Å². The van der Waals surface area contributed by atoms with E-state index in [1.807, 2.05) is 20.8 Å². The normalized spacial score (nSPS) is 26.7.